The third-order valence-electron chi connectivity index (χ3n) is 4.14. The first-order chi connectivity index (χ1) is 11.7. The van der Waals surface area contributed by atoms with Gasteiger partial charge in [0.2, 0.25) is 11.7 Å². The zero-order chi connectivity index (χ0) is 16.8. The molecule has 2 aromatic rings. The van der Waals surface area contributed by atoms with Crippen molar-refractivity contribution in [1.82, 2.24) is 15.5 Å². The Morgan fingerprint density at radius 1 is 1.29 bits per heavy atom. The summed E-state index contributed by atoms with van der Waals surface area (Å²) in [6, 6.07) is 6.45. The van der Waals surface area contributed by atoms with Crippen LogP contribution in [0.4, 0.5) is 4.39 Å². The maximum absolute atomic E-state index is 13.2. The fraction of sp³-hybridized carbons (Fsp3) is 0.471. The Morgan fingerprint density at radius 3 is 2.83 bits per heavy atom. The highest BCUT2D eigenvalue weighted by atomic mass is 19.1. The van der Waals surface area contributed by atoms with Gasteiger partial charge in [0, 0.05) is 11.6 Å². The highest BCUT2D eigenvalue weighted by molar-refractivity contribution is 5.78. The van der Waals surface area contributed by atoms with Crippen LogP contribution in [0.25, 0.3) is 11.4 Å². The van der Waals surface area contributed by atoms with Crippen molar-refractivity contribution in [2.75, 3.05) is 0 Å². The van der Waals surface area contributed by atoms with E-state index in [1.807, 2.05) is 0 Å². The predicted molar refractivity (Wildman–Crippen MR) is 89.6 cm³/mol. The van der Waals surface area contributed by atoms with Crippen LogP contribution in [0.5, 0.6) is 0 Å². The van der Waals surface area contributed by atoms with Crippen LogP contribution in [0.3, 0.4) is 0 Å². The van der Waals surface area contributed by atoms with E-state index in [2.05, 4.69) is 20.4 Å². The highest BCUT2D eigenvalue weighted by Gasteiger charge is 2.13. The van der Waals surface area contributed by atoms with Gasteiger partial charge in [-0.1, -0.05) is 43.0 Å². The molecule has 0 radical (unpaired) electrons. The number of aliphatic imine (C=N–C) groups is 1. The van der Waals surface area contributed by atoms with Gasteiger partial charge in [0.15, 0.2) is 5.96 Å². The smallest absolute Gasteiger partial charge is 0.248 e. The van der Waals surface area contributed by atoms with Gasteiger partial charge in [-0.25, -0.2) is 9.38 Å². The van der Waals surface area contributed by atoms with Gasteiger partial charge in [0.1, 0.15) is 12.4 Å². The molecular formula is C17H22FN5O. The predicted octanol–water partition coefficient (Wildman–Crippen LogP) is 3.00. The van der Waals surface area contributed by atoms with Crippen molar-refractivity contribution in [2.45, 2.75) is 51.1 Å². The van der Waals surface area contributed by atoms with Crippen molar-refractivity contribution in [3.63, 3.8) is 0 Å². The number of benzene rings is 1. The number of aromatic nitrogens is 2. The van der Waals surface area contributed by atoms with E-state index in [1.54, 1.807) is 12.1 Å². The zero-order valence-electron chi connectivity index (χ0n) is 13.5. The lowest BCUT2D eigenvalue weighted by atomic mass is 10.1. The molecule has 0 unspecified atom stereocenters. The molecule has 1 heterocycles. The largest absolute Gasteiger partial charge is 0.370 e. The molecule has 7 heteroatoms. The van der Waals surface area contributed by atoms with E-state index in [0.29, 0.717) is 29.3 Å². The number of guanidine groups is 1. The van der Waals surface area contributed by atoms with Crippen LogP contribution in [0.1, 0.15) is 44.4 Å². The van der Waals surface area contributed by atoms with Crippen LogP contribution < -0.4 is 11.1 Å². The van der Waals surface area contributed by atoms with Crippen LogP contribution in [-0.4, -0.2) is 22.1 Å². The Labute approximate surface area is 140 Å². The van der Waals surface area contributed by atoms with Gasteiger partial charge < -0.3 is 15.6 Å². The molecule has 1 fully saturated rings. The highest BCUT2D eigenvalue weighted by Crippen LogP contribution is 2.18. The summed E-state index contributed by atoms with van der Waals surface area (Å²) in [4.78, 5) is 8.48. The van der Waals surface area contributed by atoms with E-state index in [1.165, 1.54) is 37.8 Å². The molecule has 0 saturated heterocycles. The van der Waals surface area contributed by atoms with Crippen molar-refractivity contribution in [3.8, 4) is 11.4 Å². The van der Waals surface area contributed by atoms with Gasteiger partial charge in [-0.15, -0.1) is 0 Å². The molecule has 0 atom stereocenters. The van der Waals surface area contributed by atoms with Crippen molar-refractivity contribution in [1.29, 1.82) is 0 Å². The molecule has 0 amide bonds. The van der Waals surface area contributed by atoms with Crippen molar-refractivity contribution in [3.05, 3.63) is 36.0 Å². The average molecular weight is 331 g/mol. The standard InChI is InChI=1S/C17H22FN5O/c18-13-7-5-6-12(10-13)16-22-15(24-23-16)11-20-17(19)21-14-8-3-1-2-4-9-14/h5-7,10,14H,1-4,8-9,11H2,(H3,19,20,21). The van der Waals surface area contributed by atoms with E-state index < -0.39 is 0 Å². The maximum atomic E-state index is 13.2. The number of hydrogen-bond acceptors (Lipinski definition) is 4. The summed E-state index contributed by atoms with van der Waals surface area (Å²) < 4.78 is 18.4. The van der Waals surface area contributed by atoms with Crippen LogP contribution in [0.2, 0.25) is 0 Å². The van der Waals surface area contributed by atoms with Crippen molar-refractivity contribution >= 4 is 5.96 Å². The molecule has 0 spiro atoms. The summed E-state index contributed by atoms with van der Waals surface area (Å²) in [7, 11) is 0. The zero-order valence-corrected chi connectivity index (χ0v) is 13.5. The van der Waals surface area contributed by atoms with Gasteiger partial charge in [-0.05, 0) is 25.0 Å². The van der Waals surface area contributed by atoms with Crippen LogP contribution in [-0.2, 0) is 6.54 Å². The first kappa shape index (κ1) is 16.4. The van der Waals surface area contributed by atoms with Crippen molar-refractivity contribution < 1.29 is 8.91 Å². The van der Waals surface area contributed by atoms with E-state index in [-0.39, 0.29) is 12.4 Å². The maximum Gasteiger partial charge on any atom is 0.248 e. The number of rotatable bonds is 4. The van der Waals surface area contributed by atoms with Crippen molar-refractivity contribution in [2.24, 2.45) is 10.7 Å². The molecule has 3 N–H and O–H groups in total. The lowest BCUT2D eigenvalue weighted by Gasteiger charge is -2.16. The van der Waals surface area contributed by atoms with E-state index >= 15 is 0 Å². The molecular weight excluding hydrogens is 309 g/mol. The lowest BCUT2D eigenvalue weighted by molar-refractivity contribution is 0.380. The fourth-order valence-electron chi connectivity index (χ4n) is 2.90. The van der Waals surface area contributed by atoms with Crippen LogP contribution in [0, 0.1) is 5.82 Å². The lowest BCUT2D eigenvalue weighted by Crippen LogP contribution is -2.39. The third-order valence-corrected chi connectivity index (χ3v) is 4.14. The number of nitrogens with zero attached hydrogens (tertiary/aromatic N) is 3. The second-order valence-corrected chi connectivity index (χ2v) is 6.06. The molecule has 0 bridgehead atoms. The van der Waals surface area contributed by atoms with Crippen LogP contribution >= 0.6 is 0 Å². The number of nitrogens with two attached hydrogens (primary N) is 1. The minimum absolute atomic E-state index is 0.202. The summed E-state index contributed by atoms with van der Waals surface area (Å²) in [5.74, 6) is 0.746. The summed E-state index contributed by atoms with van der Waals surface area (Å²) in [6.07, 6.45) is 7.29. The number of halogens is 1. The molecule has 1 aliphatic carbocycles. The second-order valence-electron chi connectivity index (χ2n) is 6.06. The molecule has 1 aromatic heterocycles. The Kier molecular flexibility index (Phi) is 5.40. The summed E-state index contributed by atoms with van der Waals surface area (Å²) in [5.41, 5.74) is 6.51. The molecule has 6 nitrogen and oxygen atoms in total. The average Bonchev–Trinajstić information content (AvgIpc) is 2.91. The Morgan fingerprint density at radius 2 is 2.08 bits per heavy atom. The molecule has 128 valence electrons. The molecule has 1 aromatic carbocycles. The normalized spacial score (nSPS) is 16.8. The number of nitrogens with one attached hydrogen (secondary N) is 1. The van der Waals surface area contributed by atoms with Gasteiger partial charge in [-0.2, -0.15) is 4.98 Å². The van der Waals surface area contributed by atoms with Crippen LogP contribution in [0.15, 0.2) is 33.8 Å². The fourth-order valence-corrected chi connectivity index (χ4v) is 2.90. The summed E-state index contributed by atoms with van der Waals surface area (Å²) in [5, 5.41) is 7.11. The molecule has 24 heavy (non-hydrogen) atoms. The minimum atomic E-state index is -0.339. The second kappa shape index (κ2) is 7.90. The van der Waals surface area contributed by atoms with Gasteiger partial charge in [0.05, 0.1) is 0 Å². The molecule has 1 saturated carbocycles. The van der Waals surface area contributed by atoms with Gasteiger partial charge in [-0.3, -0.25) is 0 Å². The van der Waals surface area contributed by atoms with E-state index in [0.717, 1.165) is 12.8 Å². The third kappa shape index (κ3) is 4.53. The SMILES string of the molecule is NC(=NCc1nc(-c2cccc(F)c2)no1)NC1CCCCCC1. The summed E-state index contributed by atoms with van der Waals surface area (Å²) >= 11 is 0. The van der Waals surface area contributed by atoms with Gasteiger partial charge >= 0.3 is 0 Å². The monoisotopic (exact) mass is 331 g/mol. The Balaban J connectivity index is 1.58. The van der Waals surface area contributed by atoms with Gasteiger partial charge in [0.25, 0.3) is 0 Å². The quantitative estimate of drug-likeness (QED) is 0.511. The Hall–Kier alpha value is -2.44. The summed E-state index contributed by atoms with van der Waals surface area (Å²) in [6.45, 7) is 0.202. The Bertz CT molecular complexity index is 692. The first-order valence-electron chi connectivity index (χ1n) is 8.36. The van der Waals surface area contributed by atoms with E-state index in [4.69, 9.17) is 10.3 Å². The molecule has 0 aliphatic heterocycles. The number of hydrogen-bond donors (Lipinski definition) is 2. The topological polar surface area (TPSA) is 89.3 Å². The first-order valence-corrected chi connectivity index (χ1v) is 8.36. The minimum Gasteiger partial charge on any atom is -0.370 e. The molecule has 1 aliphatic rings. The van der Waals surface area contributed by atoms with E-state index in [9.17, 15) is 4.39 Å². The molecule has 3 rings (SSSR count).